The molecule has 1 atom stereocenters. The Bertz CT molecular complexity index is 1450. The highest BCUT2D eigenvalue weighted by molar-refractivity contribution is 6.10. The van der Waals surface area contributed by atoms with Gasteiger partial charge in [-0.15, -0.1) is 0 Å². The first-order valence-electron chi connectivity index (χ1n) is 10.8. The molecule has 9 heteroatoms. The lowest BCUT2D eigenvalue weighted by Crippen LogP contribution is -2.25. The Hall–Kier alpha value is -4.01. The predicted octanol–water partition coefficient (Wildman–Crippen LogP) is 3.80. The highest BCUT2D eigenvalue weighted by Crippen LogP contribution is 2.45. The molecule has 0 spiro atoms. The number of halogens is 1. The van der Waals surface area contributed by atoms with Crippen LogP contribution < -0.4 is 14.4 Å². The van der Waals surface area contributed by atoms with Gasteiger partial charge in [0.05, 0.1) is 55.6 Å². The number of carbonyl (C=O) groups excluding carboxylic acids is 1. The van der Waals surface area contributed by atoms with Crippen LogP contribution in [0.25, 0.3) is 22.0 Å². The van der Waals surface area contributed by atoms with Gasteiger partial charge in [0.1, 0.15) is 17.3 Å². The maximum Gasteiger partial charge on any atom is 0.234 e. The van der Waals surface area contributed by atoms with Crippen molar-refractivity contribution in [2.45, 2.75) is 19.3 Å². The van der Waals surface area contributed by atoms with Crippen molar-refractivity contribution in [2.24, 2.45) is 7.05 Å². The van der Waals surface area contributed by atoms with Gasteiger partial charge in [-0.1, -0.05) is 0 Å². The normalized spacial score (nSPS) is 15.2. The van der Waals surface area contributed by atoms with Crippen molar-refractivity contribution in [1.82, 2.24) is 19.7 Å². The number of benzene rings is 1. The second-order valence-corrected chi connectivity index (χ2v) is 8.38. The summed E-state index contributed by atoms with van der Waals surface area (Å²) in [6.45, 7) is 1.94. The molecular weight excluding hydrogens is 437 g/mol. The number of hydrogen-bond donors (Lipinski definition) is 0. The van der Waals surface area contributed by atoms with Gasteiger partial charge in [0.25, 0.3) is 0 Å². The van der Waals surface area contributed by atoms with E-state index < -0.39 is 11.7 Å². The van der Waals surface area contributed by atoms with E-state index in [0.29, 0.717) is 28.3 Å². The summed E-state index contributed by atoms with van der Waals surface area (Å²) in [7, 11) is 6.65. The molecule has 4 heterocycles. The number of anilines is 1. The SMILES string of the molecule is COc1cc2ncc3c(c2cc1-c1cn(C)nc1C)C(Cc1c(F)cncc1OC)C(=O)N3C. The minimum Gasteiger partial charge on any atom is -0.496 e. The maximum absolute atomic E-state index is 14.7. The van der Waals surface area contributed by atoms with Crippen molar-refractivity contribution in [2.75, 3.05) is 26.2 Å². The first-order valence-corrected chi connectivity index (χ1v) is 10.8. The number of rotatable bonds is 5. The molecule has 0 saturated carbocycles. The lowest BCUT2D eigenvalue weighted by atomic mass is 9.89. The molecule has 0 aliphatic carbocycles. The lowest BCUT2D eigenvalue weighted by Gasteiger charge is -2.16. The van der Waals surface area contributed by atoms with Gasteiger partial charge in [-0.2, -0.15) is 5.10 Å². The summed E-state index contributed by atoms with van der Waals surface area (Å²) >= 11 is 0. The van der Waals surface area contributed by atoms with Gasteiger partial charge in [-0.3, -0.25) is 19.4 Å². The second-order valence-electron chi connectivity index (χ2n) is 8.38. The molecule has 0 fully saturated rings. The average Bonchev–Trinajstić information content (AvgIpc) is 3.29. The summed E-state index contributed by atoms with van der Waals surface area (Å²) in [5.41, 5.74) is 5.15. The van der Waals surface area contributed by atoms with Gasteiger partial charge in [0.2, 0.25) is 5.91 Å². The van der Waals surface area contributed by atoms with Crippen LogP contribution in [-0.2, 0) is 18.3 Å². The standard InChI is InChI=1S/C25H24FN5O3/c1-13-18(12-30(2)29-13)14-6-16-20(8-22(14)33-4)28-10-21-24(16)17(25(32)31(21)3)7-15-19(26)9-27-11-23(15)34-5/h6,8-12,17H,7H2,1-5H3. The van der Waals surface area contributed by atoms with E-state index in [1.807, 2.05) is 32.3 Å². The number of nitrogens with zero attached hydrogens (tertiary/aromatic N) is 5. The van der Waals surface area contributed by atoms with E-state index in [1.165, 1.54) is 13.3 Å². The third-order valence-electron chi connectivity index (χ3n) is 6.45. The fourth-order valence-corrected chi connectivity index (χ4v) is 4.79. The number of ether oxygens (including phenoxy) is 2. The zero-order chi connectivity index (χ0) is 24.1. The van der Waals surface area contributed by atoms with Gasteiger partial charge in [-0.05, 0) is 25.0 Å². The number of amides is 1. The number of fused-ring (bicyclic) bond motifs is 3. The summed E-state index contributed by atoms with van der Waals surface area (Å²) in [5, 5.41) is 5.27. The summed E-state index contributed by atoms with van der Waals surface area (Å²) < 4.78 is 27.5. The Morgan fingerprint density at radius 1 is 1.06 bits per heavy atom. The van der Waals surface area contributed by atoms with E-state index >= 15 is 0 Å². The van der Waals surface area contributed by atoms with E-state index in [1.54, 1.807) is 29.9 Å². The summed E-state index contributed by atoms with van der Waals surface area (Å²) in [5.74, 6) is -0.261. The predicted molar refractivity (Wildman–Crippen MR) is 126 cm³/mol. The average molecular weight is 461 g/mol. The van der Waals surface area contributed by atoms with Gasteiger partial charge >= 0.3 is 0 Å². The van der Waals surface area contributed by atoms with E-state index in [9.17, 15) is 9.18 Å². The smallest absolute Gasteiger partial charge is 0.234 e. The van der Waals surface area contributed by atoms with Gasteiger partial charge in [0.15, 0.2) is 0 Å². The van der Waals surface area contributed by atoms with E-state index in [0.717, 1.165) is 34.0 Å². The highest BCUT2D eigenvalue weighted by atomic mass is 19.1. The van der Waals surface area contributed by atoms with Crippen LogP contribution in [0, 0.1) is 12.7 Å². The van der Waals surface area contributed by atoms with Crippen LogP contribution in [0.2, 0.25) is 0 Å². The van der Waals surface area contributed by atoms with Gasteiger partial charge in [-0.25, -0.2) is 4.39 Å². The van der Waals surface area contributed by atoms with Crippen LogP contribution in [0.1, 0.15) is 22.7 Å². The number of pyridine rings is 2. The van der Waals surface area contributed by atoms with Crippen molar-refractivity contribution in [1.29, 1.82) is 0 Å². The summed E-state index contributed by atoms with van der Waals surface area (Å²) in [6, 6.07) is 3.86. The maximum atomic E-state index is 14.7. The van der Waals surface area contributed by atoms with E-state index in [4.69, 9.17) is 9.47 Å². The highest BCUT2D eigenvalue weighted by Gasteiger charge is 2.38. The Morgan fingerprint density at radius 2 is 1.82 bits per heavy atom. The number of likely N-dealkylation sites (N-methyl/N-ethyl adjacent to an activating group) is 1. The molecule has 1 amide bonds. The Balaban J connectivity index is 1.74. The molecule has 174 valence electrons. The molecule has 5 rings (SSSR count). The molecule has 3 aromatic heterocycles. The molecule has 0 N–H and O–H groups in total. The van der Waals surface area contributed by atoms with Crippen LogP contribution in [0.3, 0.4) is 0 Å². The largest absolute Gasteiger partial charge is 0.496 e. The number of hydrogen-bond acceptors (Lipinski definition) is 6. The summed E-state index contributed by atoms with van der Waals surface area (Å²) in [4.78, 5) is 23.4. The molecule has 4 aromatic rings. The number of aryl methyl sites for hydroxylation is 2. The number of carbonyl (C=O) groups is 1. The third-order valence-corrected chi connectivity index (χ3v) is 6.45. The lowest BCUT2D eigenvalue weighted by molar-refractivity contribution is -0.119. The quantitative estimate of drug-likeness (QED) is 0.450. The van der Waals surface area contributed by atoms with Crippen LogP contribution >= 0.6 is 0 Å². The van der Waals surface area contributed by atoms with Gasteiger partial charge < -0.3 is 14.4 Å². The monoisotopic (exact) mass is 461 g/mol. The molecule has 1 aromatic carbocycles. The Kier molecular flexibility index (Phi) is 5.19. The minimum atomic E-state index is -0.604. The molecular formula is C25H24FN5O3. The van der Waals surface area contributed by atoms with Crippen molar-refractivity contribution < 1.29 is 18.7 Å². The molecule has 0 bridgehead atoms. The number of methoxy groups -OCH3 is 2. The topological polar surface area (TPSA) is 82.4 Å². The molecule has 34 heavy (non-hydrogen) atoms. The third kappa shape index (κ3) is 3.27. The van der Waals surface area contributed by atoms with Crippen molar-refractivity contribution in [3.63, 3.8) is 0 Å². The molecule has 1 unspecified atom stereocenters. The summed E-state index contributed by atoms with van der Waals surface area (Å²) in [6.07, 6.45) is 6.35. The minimum absolute atomic E-state index is 0.127. The van der Waals surface area contributed by atoms with E-state index in [2.05, 4.69) is 15.1 Å². The van der Waals surface area contributed by atoms with Gasteiger partial charge in [0, 0.05) is 48.4 Å². The number of aromatic nitrogens is 4. The van der Waals surface area contributed by atoms with Crippen LogP contribution in [0.15, 0.2) is 36.9 Å². The fourth-order valence-electron chi connectivity index (χ4n) is 4.79. The van der Waals surface area contributed by atoms with Crippen LogP contribution in [-0.4, -0.2) is 46.9 Å². The fraction of sp³-hybridized carbons (Fsp3) is 0.280. The molecule has 8 nitrogen and oxygen atoms in total. The molecule has 0 saturated heterocycles. The molecule has 0 radical (unpaired) electrons. The van der Waals surface area contributed by atoms with Crippen molar-refractivity contribution >= 4 is 22.5 Å². The van der Waals surface area contributed by atoms with Crippen molar-refractivity contribution in [3.8, 4) is 22.6 Å². The van der Waals surface area contributed by atoms with E-state index in [-0.39, 0.29) is 12.3 Å². The molecule has 1 aliphatic heterocycles. The van der Waals surface area contributed by atoms with Crippen molar-refractivity contribution in [3.05, 3.63) is 59.6 Å². The van der Waals surface area contributed by atoms with Crippen LogP contribution in [0.4, 0.5) is 10.1 Å². The zero-order valence-electron chi connectivity index (χ0n) is 19.6. The first-order chi connectivity index (χ1) is 16.3. The Morgan fingerprint density at radius 3 is 2.50 bits per heavy atom. The van der Waals surface area contributed by atoms with Crippen LogP contribution in [0.5, 0.6) is 11.5 Å². The Labute approximate surface area is 196 Å². The molecule has 1 aliphatic rings. The zero-order valence-corrected chi connectivity index (χ0v) is 19.6. The first kappa shape index (κ1) is 21.8. The second kappa shape index (κ2) is 8.09.